The lowest BCUT2D eigenvalue weighted by molar-refractivity contribution is 0.272. The fraction of sp³-hybridized carbons (Fsp3) is 0.923. The highest BCUT2D eigenvalue weighted by molar-refractivity contribution is 7.39. The molecule has 0 nitrogen and oxygen atoms in total. The average molecular weight is 208 g/mol. The molecule has 3 aliphatic rings. The largest absolute Gasteiger partial charge is 0.109 e. The summed E-state index contributed by atoms with van der Waals surface area (Å²) < 4.78 is 0. The van der Waals surface area contributed by atoms with Crippen molar-refractivity contribution < 1.29 is 0 Å². The molecule has 0 aromatic carbocycles. The maximum absolute atomic E-state index is 2.56. The molecule has 3 saturated carbocycles. The van der Waals surface area contributed by atoms with Gasteiger partial charge >= 0.3 is 0 Å². The van der Waals surface area contributed by atoms with Gasteiger partial charge in [0.1, 0.15) is 0 Å². The van der Waals surface area contributed by atoms with Crippen LogP contribution >= 0.6 is 8.20 Å². The van der Waals surface area contributed by atoms with E-state index in [4.69, 9.17) is 0 Å². The molecule has 1 heteroatoms. The summed E-state index contributed by atoms with van der Waals surface area (Å²) in [5, 5.41) is 1.76. The first kappa shape index (κ1) is 9.40. The third kappa shape index (κ3) is 1.04. The van der Waals surface area contributed by atoms with E-state index in [0.29, 0.717) is 5.41 Å². The summed E-state index contributed by atoms with van der Waals surface area (Å²) in [4.78, 5) is 0. The van der Waals surface area contributed by atoms with Crippen LogP contribution in [0.2, 0.25) is 0 Å². The van der Waals surface area contributed by atoms with E-state index in [2.05, 4.69) is 20.5 Å². The number of hydrogen-bond acceptors (Lipinski definition) is 0. The van der Waals surface area contributed by atoms with Gasteiger partial charge in [-0.05, 0) is 73.7 Å². The van der Waals surface area contributed by atoms with E-state index >= 15 is 0 Å². The molecule has 0 amide bonds. The van der Waals surface area contributed by atoms with E-state index in [1.54, 1.807) is 18.1 Å². The van der Waals surface area contributed by atoms with Crippen molar-refractivity contribution in [2.75, 3.05) is 6.66 Å². The van der Waals surface area contributed by atoms with E-state index < -0.39 is 0 Å². The Morgan fingerprint density at radius 3 is 2.79 bits per heavy atom. The van der Waals surface area contributed by atoms with Gasteiger partial charge in [-0.1, -0.05) is 6.92 Å². The Kier molecular flexibility index (Phi) is 1.91. The zero-order valence-electron chi connectivity index (χ0n) is 9.59. The van der Waals surface area contributed by atoms with Gasteiger partial charge in [0.05, 0.1) is 0 Å². The molecule has 14 heavy (non-hydrogen) atoms. The topological polar surface area (TPSA) is 0 Å². The fourth-order valence-electron chi connectivity index (χ4n) is 4.49. The standard InChI is InChI=1S/C13H21P/c1-8(14-3)13(2)5-4-9-6-10-7-11(10)12(9)13/h9-12H,4-7H2,1-3H3/t9?,10?,11-,12?,13?/m1/s1. The minimum absolute atomic E-state index is 0.622. The molecule has 78 valence electrons. The Morgan fingerprint density at radius 2 is 2.07 bits per heavy atom. The van der Waals surface area contributed by atoms with Crippen LogP contribution in [0, 0.1) is 29.1 Å². The summed E-state index contributed by atoms with van der Waals surface area (Å²) in [6.45, 7) is 7.27. The molecule has 0 N–H and O–H groups in total. The van der Waals surface area contributed by atoms with Crippen molar-refractivity contribution in [1.82, 2.24) is 0 Å². The van der Waals surface area contributed by atoms with Crippen LogP contribution in [-0.2, 0) is 0 Å². The quantitative estimate of drug-likeness (QED) is 0.574. The average Bonchev–Trinajstić information content (AvgIpc) is 2.70. The molecule has 0 heterocycles. The predicted molar refractivity (Wildman–Crippen MR) is 64.1 cm³/mol. The number of rotatable bonds is 1. The third-order valence-corrected chi connectivity index (χ3v) is 6.67. The first-order chi connectivity index (χ1) is 6.66. The van der Waals surface area contributed by atoms with Crippen LogP contribution in [0.25, 0.3) is 0 Å². The number of fused-ring (bicyclic) bond motifs is 3. The van der Waals surface area contributed by atoms with Crippen molar-refractivity contribution in [3.05, 3.63) is 0 Å². The molecule has 0 saturated heterocycles. The highest BCUT2D eigenvalue weighted by atomic mass is 31.1. The molecule has 3 fully saturated rings. The van der Waals surface area contributed by atoms with Crippen LogP contribution in [0.15, 0.2) is 0 Å². The van der Waals surface area contributed by atoms with Crippen LogP contribution < -0.4 is 0 Å². The molecule has 0 aliphatic heterocycles. The molecule has 0 aromatic rings. The molecule has 0 aromatic heterocycles. The van der Waals surface area contributed by atoms with Gasteiger partial charge in [0.2, 0.25) is 0 Å². The highest BCUT2D eigenvalue weighted by Gasteiger charge is 2.61. The van der Waals surface area contributed by atoms with Gasteiger partial charge in [-0.15, -0.1) is 8.20 Å². The second-order valence-corrected chi connectivity index (χ2v) is 7.06. The summed E-state index contributed by atoms with van der Waals surface area (Å²) >= 11 is 0. The van der Waals surface area contributed by atoms with Gasteiger partial charge in [0.25, 0.3) is 0 Å². The van der Waals surface area contributed by atoms with Gasteiger partial charge in [-0.25, -0.2) is 0 Å². The van der Waals surface area contributed by atoms with Crippen molar-refractivity contribution >= 4 is 13.5 Å². The Hall–Kier alpha value is 0.170. The summed E-state index contributed by atoms with van der Waals surface area (Å²) in [6.07, 6.45) is 6.17. The van der Waals surface area contributed by atoms with Crippen molar-refractivity contribution in [3.8, 4) is 0 Å². The van der Waals surface area contributed by atoms with Crippen molar-refractivity contribution in [3.63, 3.8) is 0 Å². The SMILES string of the molecule is CP=C(C)C1(C)CCC2CC3C[C@H]3C21. The van der Waals surface area contributed by atoms with Crippen LogP contribution in [0.5, 0.6) is 0 Å². The van der Waals surface area contributed by atoms with Crippen LogP contribution in [-0.4, -0.2) is 12.0 Å². The second kappa shape index (κ2) is 2.85. The normalized spacial score (nSPS) is 55.8. The molecule has 3 rings (SSSR count). The van der Waals surface area contributed by atoms with E-state index in [1.165, 1.54) is 21.0 Å². The van der Waals surface area contributed by atoms with Crippen LogP contribution in [0.1, 0.15) is 39.5 Å². The van der Waals surface area contributed by atoms with E-state index in [1.807, 2.05) is 0 Å². The summed E-state index contributed by atoms with van der Waals surface area (Å²) in [5.41, 5.74) is 0.622. The molecule has 3 aliphatic carbocycles. The summed E-state index contributed by atoms with van der Waals surface area (Å²) in [5.74, 6) is 4.50. The molecule has 0 spiro atoms. The lowest BCUT2D eigenvalue weighted by Crippen LogP contribution is -2.31. The monoisotopic (exact) mass is 208 g/mol. The molecule has 0 radical (unpaired) electrons. The van der Waals surface area contributed by atoms with Gasteiger partial charge < -0.3 is 0 Å². The van der Waals surface area contributed by atoms with Crippen molar-refractivity contribution in [1.29, 1.82) is 0 Å². The van der Waals surface area contributed by atoms with E-state index in [-0.39, 0.29) is 0 Å². The van der Waals surface area contributed by atoms with E-state index in [9.17, 15) is 0 Å². The lowest BCUT2D eigenvalue weighted by atomic mass is 9.74. The van der Waals surface area contributed by atoms with Gasteiger partial charge in [0.15, 0.2) is 0 Å². The van der Waals surface area contributed by atoms with Crippen molar-refractivity contribution in [2.45, 2.75) is 39.5 Å². The van der Waals surface area contributed by atoms with Gasteiger partial charge in [-0.2, -0.15) is 0 Å². The Balaban J connectivity index is 1.93. The molecule has 4 unspecified atom stereocenters. The Bertz CT molecular complexity index is 294. The lowest BCUT2D eigenvalue weighted by Gasteiger charge is -2.33. The Morgan fingerprint density at radius 1 is 1.29 bits per heavy atom. The zero-order chi connectivity index (χ0) is 9.92. The Labute approximate surface area is 89.3 Å². The van der Waals surface area contributed by atoms with Crippen LogP contribution in [0.3, 0.4) is 0 Å². The first-order valence-electron chi connectivity index (χ1n) is 6.10. The minimum atomic E-state index is 0.622. The van der Waals surface area contributed by atoms with Gasteiger partial charge in [0, 0.05) is 0 Å². The second-order valence-electron chi connectivity index (χ2n) is 5.95. The predicted octanol–water partition coefficient (Wildman–Crippen LogP) is 3.83. The highest BCUT2D eigenvalue weighted by Crippen LogP contribution is 2.68. The maximum Gasteiger partial charge on any atom is -0.00424 e. The third-order valence-electron chi connectivity index (χ3n) is 5.48. The smallest absolute Gasteiger partial charge is 0.00424 e. The minimum Gasteiger partial charge on any atom is -0.109 e. The van der Waals surface area contributed by atoms with Crippen LogP contribution in [0.4, 0.5) is 0 Å². The number of hydrogen-bond donors (Lipinski definition) is 0. The summed E-state index contributed by atoms with van der Waals surface area (Å²) in [6, 6.07) is 0. The molecular weight excluding hydrogens is 187 g/mol. The maximum atomic E-state index is 2.56. The first-order valence-corrected chi connectivity index (χ1v) is 7.45. The summed E-state index contributed by atoms with van der Waals surface area (Å²) in [7, 11) is 1.54. The molecule has 5 atom stereocenters. The van der Waals surface area contributed by atoms with Gasteiger partial charge in [-0.3, -0.25) is 0 Å². The molecular formula is C13H21P. The van der Waals surface area contributed by atoms with E-state index in [0.717, 1.165) is 23.7 Å². The zero-order valence-corrected chi connectivity index (χ0v) is 10.5. The molecule has 0 bridgehead atoms. The fourth-order valence-corrected chi connectivity index (χ4v) is 5.26. The van der Waals surface area contributed by atoms with Crippen molar-refractivity contribution in [2.24, 2.45) is 29.1 Å².